The topological polar surface area (TPSA) is 112 Å². The average Bonchev–Trinajstić information content (AvgIpc) is 3.71. The Kier molecular flexibility index (Phi) is 8.77. The maximum atomic E-state index is 15.6. The number of pyridine rings is 2. The minimum atomic E-state index is -1.31. The van der Waals surface area contributed by atoms with Gasteiger partial charge in [0.05, 0.1) is 46.0 Å². The Hall–Kier alpha value is -5.65. The van der Waals surface area contributed by atoms with Gasteiger partial charge in [0.25, 0.3) is 0 Å². The molecule has 2 aromatic carbocycles. The number of fused-ring (bicyclic) bond motifs is 1. The molecule has 0 bridgehead atoms. The van der Waals surface area contributed by atoms with Gasteiger partial charge in [-0.25, -0.2) is 32.3 Å². The van der Waals surface area contributed by atoms with Gasteiger partial charge >= 0.3 is 5.97 Å². The SMILES string of the molecule is O=C(O)c1cc(F)c2nc(Cc3cc(F)c(-c4cccc(OCc5ncc(C#Cc6cncs6)cc5F)n4)cc3F)n(C[C@@H]3CCO3)c2c1. The predicted octanol–water partition coefficient (Wildman–Crippen LogP) is 6.56. The van der Waals surface area contributed by atoms with E-state index in [4.69, 9.17) is 9.47 Å². The molecule has 14 heteroatoms. The van der Waals surface area contributed by atoms with Crippen LogP contribution in [0.1, 0.15) is 44.3 Å². The van der Waals surface area contributed by atoms with Crippen LogP contribution in [0.5, 0.6) is 5.88 Å². The number of benzene rings is 2. The molecule has 49 heavy (non-hydrogen) atoms. The first-order chi connectivity index (χ1) is 23.7. The number of carbonyl (C=O) groups is 1. The van der Waals surface area contributed by atoms with E-state index in [1.54, 1.807) is 16.3 Å². The highest BCUT2D eigenvalue weighted by atomic mass is 32.1. The Morgan fingerprint density at radius 1 is 1.02 bits per heavy atom. The van der Waals surface area contributed by atoms with Crippen LogP contribution < -0.4 is 4.74 Å². The van der Waals surface area contributed by atoms with Crippen LogP contribution in [0.4, 0.5) is 17.6 Å². The Morgan fingerprint density at radius 3 is 2.61 bits per heavy atom. The molecule has 0 spiro atoms. The molecule has 6 aromatic rings. The molecule has 0 unspecified atom stereocenters. The number of halogens is 4. The smallest absolute Gasteiger partial charge is 0.335 e. The standard InChI is InChI=1S/C35H23F4N5O4S/c36-25-13-24(29-2-1-3-33(42-29)48-17-30-27(38)8-19(14-41-30)4-5-23-15-40-18-49-23)26(37)9-20(25)12-32-43-34-28(39)10-21(35(45)46)11-31(34)44(32)16-22-6-7-47-22/h1-3,8-11,13-15,18,22H,6-7,12,16-17H2,(H,45,46)/t22-/m0/s1. The van der Waals surface area contributed by atoms with Crippen LogP contribution in [0, 0.1) is 35.1 Å². The molecule has 9 nitrogen and oxygen atoms in total. The summed E-state index contributed by atoms with van der Waals surface area (Å²) in [6.07, 6.45) is 3.33. The third-order valence-electron chi connectivity index (χ3n) is 7.83. The van der Waals surface area contributed by atoms with E-state index in [9.17, 15) is 18.7 Å². The lowest BCUT2D eigenvalue weighted by molar-refractivity contribution is -0.0589. The summed E-state index contributed by atoms with van der Waals surface area (Å²) < 4.78 is 73.4. The van der Waals surface area contributed by atoms with E-state index in [1.165, 1.54) is 47.9 Å². The van der Waals surface area contributed by atoms with Crippen LogP contribution >= 0.6 is 11.3 Å². The quantitative estimate of drug-likeness (QED) is 0.135. The van der Waals surface area contributed by atoms with Crippen molar-refractivity contribution < 1.29 is 36.9 Å². The first kappa shape index (κ1) is 31.9. The number of carboxylic acid groups (broad SMARTS) is 1. The van der Waals surface area contributed by atoms with Crippen molar-refractivity contribution in [3.63, 3.8) is 0 Å². The van der Waals surface area contributed by atoms with E-state index < -0.39 is 29.2 Å². The minimum absolute atomic E-state index is 0.00563. The summed E-state index contributed by atoms with van der Waals surface area (Å²) >= 11 is 1.36. The van der Waals surface area contributed by atoms with Crippen LogP contribution in [0.2, 0.25) is 0 Å². The number of rotatable bonds is 9. The monoisotopic (exact) mass is 685 g/mol. The molecule has 1 saturated heterocycles. The van der Waals surface area contributed by atoms with Crippen molar-refractivity contribution in [3.8, 4) is 29.0 Å². The maximum absolute atomic E-state index is 15.6. The molecule has 7 rings (SSSR count). The molecule has 4 aromatic heterocycles. The van der Waals surface area contributed by atoms with Crippen molar-refractivity contribution >= 4 is 28.3 Å². The van der Waals surface area contributed by atoms with Gasteiger partial charge in [-0.1, -0.05) is 12.0 Å². The predicted molar refractivity (Wildman–Crippen MR) is 170 cm³/mol. The third kappa shape index (κ3) is 6.85. The zero-order valence-corrected chi connectivity index (χ0v) is 26.1. The molecule has 1 N–H and O–H groups in total. The van der Waals surface area contributed by atoms with Gasteiger partial charge in [0.2, 0.25) is 5.88 Å². The van der Waals surface area contributed by atoms with Gasteiger partial charge < -0.3 is 19.1 Å². The highest BCUT2D eigenvalue weighted by Crippen LogP contribution is 2.30. The molecule has 0 saturated carbocycles. The summed E-state index contributed by atoms with van der Waals surface area (Å²) in [6, 6.07) is 9.92. The van der Waals surface area contributed by atoms with Crippen molar-refractivity contribution in [2.24, 2.45) is 0 Å². The molecular weight excluding hydrogens is 662 g/mol. The summed E-state index contributed by atoms with van der Waals surface area (Å²) in [6.45, 7) is 0.509. The van der Waals surface area contributed by atoms with Crippen molar-refractivity contribution in [1.29, 1.82) is 0 Å². The number of thiazole rings is 1. The van der Waals surface area contributed by atoms with Crippen molar-refractivity contribution in [1.82, 2.24) is 24.5 Å². The molecule has 0 amide bonds. The van der Waals surface area contributed by atoms with Crippen LogP contribution in [0.15, 0.2) is 66.4 Å². The number of aromatic nitrogens is 5. The van der Waals surface area contributed by atoms with Gasteiger partial charge in [-0.2, -0.15) is 0 Å². The molecule has 1 atom stereocenters. The molecule has 0 radical (unpaired) electrons. The number of ether oxygens (including phenoxy) is 2. The van der Waals surface area contributed by atoms with E-state index in [-0.39, 0.29) is 76.5 Å². The summed E-state index contributed by atoms with van der Waals surface area (Å²) in [5, 5.41) is 9.44. The Morgan fingerprint density at radius 2 is 1.88 bits per heavy atom. The molecular formula is C35H23F4N5O4S. The van der Waals surface area contributed by atoms with Crippen LogP contribution in [0.25, 0.3) is 22.3 Å². The van der Waals surface area contributed by atoms with Crippen molar-refractivity contribution in [3.05, 3.63) is 123 Å². The highest BCUT2D eigenvalue weighted by molar-refractivity contribution is 7.10. The van der Waals surface area contributed by atoms with Gasteiger partial charge in [-0.15, -0.1) is 11.3 Å². The second-order valence-corrected chi connectivity index (χ2v) is 12.0. The van der Waals surface area contributed by atoms with Crippen LogP contribution in [-0.4, -0.2) is 48.3 Å². The molecule has 1 aliphatic heterocycles. The van der Waals surface area contributed by atoms with E-state index in [1.807, 2.05) is 0 Å². The van der Waals surface area contributed by atoms with Gasteiger partial charge in [-0.05, 0) is 54.3 Å². The first-order valence-corrected chi connectivity index (χ1v) is 15.8. The minimum Gasteiger partial charge on any atom is -0.478 e. The Labute approximate surface area is 279 Å². The van der Waals surface area contributed by atoms with E-state index in [2.05, 4.69) is 31.8 Å². The lowest BCUT2D eigenvalue weighted by atomic mass is 10.0. The zero-order chi connectivity index (χ0) is 34.1. The van der Waals surface area contributed by atoms with Crippen LogP contribution in [0.3, 0.4) is 0 Å². The summed E-state index contributed by atoms with van der Waals surface area (Å²) in [7, 11) is 0. The number of carboxylic acids is 1. The normalized spacial score (nSPS) is 13.9. The van der Waals surface area contributed by atoms with Gasteiger partial charge in [-0.3, -0.25) is 9.97 Å². The van der Waals surface area contributed by atoms with Gasteiger partial charge in [0.15, 0.2) is 5.82 Å². The number of imidazole rings is 1. The van der Waals surface area contributed by atoms with E-state index >= 15 is 8.78 Å². The first-order valence-electron chi connectivity index (χ1n) is 14.9. The summed E-state index contributed by atoms with van der Waals surface area (Å²) in [5.74, 6) is 1.62. The number of hydrogen-bond acceptors (Lipinski definition) is 8. The third-order valence-corrected chi connectivity index (χ3v) is 8.52. The fraction of sp³-hybridized carbons (Fsp3) is 0.171. The summed E-state index contributed by atoms with van der Waals surface area (Å²) in [5.41, 5.74) is 1.77. The number of nitrogens with zero attached hydrogens (tertiary/aromatic N) is 5. The fourth-order valence-corrected chi connectivity index (χ4v) is 5.72. The Bertz CT molecular complexity index is 2280. The van der Waals surface area contributed by atoms with Gasteiger partial charge in [0, 0.05) is 36.4 Å². The van der Waals surface area contributed by atoms with E-state index in [0.717, 1.165) is 29.5 Å². The molecule has 246 valence electrons. The lowest BCUT2D eigenvalue weighted by Crippen LogP contribution is -2.31. The molecule has 1 fully saturated rings. The molecule has 0 aliphatic carbocycles. The van der Waals surface area contributed by atoms with Gasteiger partial charge in [0.1, 0.15) is 41.1 Å². The molecule has 1 aliphatic rings. The Balaban J connectivity index is 1.10. The van der Waals surface area contributed by atoms with E-state index in [0.29, 0.717) is 12.2 Å². The molecule has 5 heterocycles. The van der Waals surface area contributed by atoms with Crippen LogP contribution in [-0.2, 0) is 24.3 Å². The second kappa shape index (κ2) is 13.5. The van der Waals surface area contributed by atoms with Crippen molar-refractivity contribution in [2.45, 2.75) is 32.1 Å². The average molecular weight is 686 g/mol. The van der Waals surface area contributed by atoms with Crippen molar-refractivity contribution in [2.75, 3.05) is 6.61 Å². The highest BCUT2D eigenvalue weighted by Gasteiger charge is 2.25. The fourth-order valence-electron chi connectivity index (χ4n) is 5.25. The number of aromatic carboxylic acids is 1. The zero-order valence-electron chi connectivity index (χ0n) is 25.3. The second-order valence-electron chi connectivity index (χ2n) is 11.1. The lowest BCUT2D eigenvalue weighted by Gasteiger charge is -2.27. The number of hydrogen-bond donors (Lipinski definition) is 1. The largest absolute Gasteiger partial charge is 0.478 e. The maximum Gasteiger partial charge on any atom is 0.335 e. The summed E-state index contributed by atoms with van der Waals surface area (Å²) in [4.78, 5) is 29.0.